The Bertz CT molecular complexity index is 217. The number of benzene rings is 1. The highest BCUT2D eigenvalue weighted by molar-refractivity contribution is 9.10. The van der Waals surface area contributed by atoms with E-state index in [0.717, 1.165) is 4.47 Å². The predicted octanol–water partition coefficient (Wildman–Crippen LogP) is 3.02. The van der Waals surface area contributed by atoms with Crippen molar-refractivity contribution in [2.75, 3.05) is 0 Å². The lowest BCUT2D eigenvalue weighted by Gasteiger charge is -1.99. The van der Waals surface area contributed by atoms with Gasteiger partial charge in [-0.1, -0.05) is 22.0 Å². The van der Waals surface area contributed by atoms with Crippen molar-refractivity contribution in [2.45, 2.75) is 5.75 Å². The van der Waals surface area contributed by atoms with Crippen molar-refractivity contribution in [3.8, 4) is 0 Å². The fourth-order valence-electron chi connectivity index (χ4n) is 0.683. The van der Waals surface area contributed by atoms with Gasteiger partial charge in [0.1, 0.15) is 5.82 Å². The summed E-state index contributed by atoms with van der Waals surface area (Å²) >= 11 is 7.20. The van der Waals surface area contributed by atoms with Crippen molar-refractivity contribution in [3.05, 3.63) is 34.1 Å². The molecule has 54 valence electrons. The Morgan fingerprint density at radius 2 is 2.20 bits per heavy atom. The van der Waals surface area contributed by atoms with Crippen molar-refractivity contribution in [1.29, 1.82) is 0 Å². The van der Waals surface area contributed by atoms with Crippen LogP contribution in [0.1, 0.15) is 5.56 Å². The first kappa shape index (κ1) is 8.08. The Labute approximate surface area is 73.0 Å². The van der Waals surface area contributed by atoms with Crippen LogP contribution in [0.15, 0.2) is 22.7 Å². The van der Waals surface area contributed by atoms with E-state index in [4.69, 9.17) is 0 Å². The van der Waals surface area contributed by atoms with E-state index >= 15 is 0 Å². The highest BCUT2D eigenvalue weighted by atomic mass is 79.9. The summed E-state index contributed by atoms with van der Waals surface area (Å²) < 4.78 is 13.6. The van der Waals surface area contributed by atoms with E-state index in [1.165, 1.54) is 6.07 Å². The molecule has 1 aromatic carbocycles. The summed E-state index contributed by atoms with van der Waals surface area (Å²) in [6, 6.07) is 4.89. The Hall–Kier alpha value is -0.0200. The van der Waals surface area contributed by atoms with Crippen LogP contribution in [0.4, 0.5) is 4.39 Å². The Morgan fingerprint density at radius 1 is 1.50 bits per heavy atom. The van der Waals surface area contributed by atoms with E-state index < -0.39 is 0 Å². The van der Waals surface area contributed by atoms with Gasteiger partial charge in [-0.3, -0.25) is 0 Å². The van der Waals surface area contributed by atoms with E-state index in [2.05, 4.69) is 28.6 Å². The minimum Gasteiger partial charge on any atom is -0.207 e. The zero-order chi connectivity index (χ0) is 7.56. The van der Waals surface area contributed by atoms with Crippen LogP contribution in [0.25, 0.3) is 0 Å². The van der Waals surface area contributed by atoms with Crippen LogP contribution in [-0.2, 0) is 5.75 Å². The third-order valence-corrected chi connectivity index (χ3v) is 2.28. The summed E-state index contributed by atoms with van der Waals surface area (Å²) in [5.41, 5.74) is 0.617. The van der Waals surface area contributed by atoms with Crippen LogP contribution in [0.2, 0.25) is 0 Å². The smallest absolute Gasteiger partial charge is 0.128 e. The van der Waals surface area contributed by atoms with Gasteiger partial charge in [-0.15, -0.1) is 0 Å². The summed E-state index contributed by atoms with van der Waals surface area (Å²) in [7, 11) is 0. The fraction of sp³-hybridized carbons (Fsp3) is 0.143. The molecule has 0 atom stereocenters. The lowest BCUT2D eigenvalue weighted by atomic mass is 10.2. The minimum atomic E-state index is -0.204. The van der Waals surface area contributed by atoms with Crippen molar-refractivity contribution in [1.82, 2.24) is 0 Å². The van der Waals surface area contributed by atoms with E-state index in [1.807, 2.05) is 0 Å². The largest absolute Gasteiger partial charge is 0.207 e. The van der Waals surface area contributed by atoms with Gasteiger partial charge >= 0.3 is 0 Å². The number of halogens is 2. The molecule has 0 aromatic heterocycles. The van der Waals surface area contributed by atoms with Crippen LogP contribution < -0.4 is 0 Å². The normalized spacial score (nSPS) is 9.90. The Kier molecular flexibility index (Phi) is 2.74. The molecule has 0 heterocycles. The van der Waals surface area contributed by atoms with Gasteiger partial charge < -0.3 is 0 Å². The molecule has 0 nitrogen and oxygen atoms in total. The third-order valence-electron chi connectivity index (χ3n) is 1.22. The van der Waals surface area contributed by atoms with Gasteiger partial charge in [-0.05, 0) is 12.1 Å². The second kappa shape index (κ2) is 3.39. The van der Waals surface area contributed by atoms with Gasteiger partial charge in [0.05, 0.1) is 0 Å². The monoisotopic (exact) mass is 220 g/mol. The van der Waals surface area contributed by atoms with Gasteiger partial charge in [-0.2, -0.15) is 12.6 Å². The van der Waals surface area contributed by atoms with Crippen molar-refractivity contribution < 1.29 is 4.39 Å². The van der Waals surface area contributed by atoms with Gasteiger partial charge in [0.15, 0.2) is 0 Å². The minimum absolute atomic E-state index is 0.204. The molecule has 0 saturated carbocycles. The van der Waals surface area contributed by atoms with E-state index in [0.29, 0.717) is 11.3 Å². The topological polar surface area (TPSA) is 0 Å². The Morgan fingerprint density at radius 3 is 2.60 bits per heavy atom. The average Bonchev–Trinajstić information content (AvgIpc) is 1.88. The molecule has 0 spiro atoms. The molecule has 0 N–H and O–H groups in total. The first-order chi connectivity index (χ1) is 4.75. The summed E-state index contributed by atoms with van der Waals surface area (Å²) in [4.78, 5) is 0. The van der Waals surface area contributed by atoms with Crippen LogP contribution in [0, 0.1) is 5.82 Å². The van der Waals surface area contributed by atoms with Gasteiger partial charge in [0.25, 0.3) is 0 Å². The lowest BCUT2D eigenvalue weighted by molar-refractivity contribution is 0.616. The van der Waals surface area contributed by atoms with Gasteiger partial charge in [-0.25, -0.2) is 4.39 Å². The number of thiol groups is 1. The van der Waals surface area contributed by atoms with E-state index in [-0.39, 0.29) is 5.82 Å². The van der Waals surface area contributed by atoms with Crippen molar-refractivity contribution in [2.24, 2.45) is 0 Å². The second-order valence-corrected chi connectivity index (χ2v) is 3.03. The van der Waals surface area contributed by atoms with Gasteiger partial charge in [0.2, 0.25) is 0 Å². The molecular formula is C7H6BrFS. The quantitative estimate of drug-likeness (QED) is 0.692. The molecule has 0 aliphatic heterocycles. The zero-order valence-corrected chi connectivity index (χ0v) is 7.62. The highest BCUT2D eigenvalue weighted by Gasteiger charge is 2.02. The standard InChI is InChI=1S/C7H6BrFS/c8-6-2-1-3-7(9)5(6)4-10/h1-3,10H,4H2. The molecule has 0 aliphatic rings. The van der Waals surface area contributed by atoms with E-state index in [1.54, 1.807) is 12.1 Å². The molecule has 0 aliphatic carbocycles. The molecule has 1 rings (SSSR count). The Balaban J connectivity index is 3.17. The van der Waals surface area contributed by atoms with Crippen LogP contribution >= 0.6 is 28.6 Å². The predicted molar refractivity (Wildman–Crippen MR) is 46.8 cm³/mol. The molecule has 0 unspecified atom stereocenters. The molecule has 3 heteroatoms. The lowest BCUT2D eigenvalue weighted by Crippen LogP contribution is -1.85. The summed E-state index contributed by atoms with van der Waals surface area (Å²) in [5, 5.41) is 0. The molecule has 0 radical (unpaired) electrons. The summed E-state index contributed by atoms with van der Waals surface area (Å²) in [6.07, 6.45) is 0. The maximum atomic E-state index is 12.8. The molecule has 0 saturated heterocycles. The molecule has 0 fully saturated rings. The maximum Gasteiger partial charge on any atom is 0.128 e. The van der Waals surface area contributed by atoms with E-state index in [9.17, 15) is 4.39 Å². The SMILES string of the molecule is Fc1cccc(Br)c1CS. The van der Waals surface area contributed by atoms with Crippen LogP contribution in [-0.4, -0.2) is 0 Å². The molecule has 1 aromatic rings. The third kappa shape index (κ3) is 1.52. The molecular weight excluding hydrogens is 215 g/mol. The van der Waals surface area contributed by atoms with Crippen LogP contribution in [0.3, 0.4) is 0 Å². The van der Waals surface area contributed by atoms with Gasteiger partial charge in [0, 0.05) is 15.8 Å². The van der Waals surface area contributed by atoms with Crippen LogP contribution in [0.5, 0.6) is 0 Å². The van der Waals surface area contributed by atoms with Crippen molar-refractivity contribution in [3.63, 3.8) is 0 Å². The molecule has 0 amide bonds. The fourth-order valence-corrected chi connectivity index (χ4v) is 1.70. The second-order valence-electron chi connectivity index (χ2n) is 1.86. The first-order valence-electron chi connectivity index (χ1n) is 2.79. The number of rotatable bonds is 1. The average molecular weight is 221 g/mol. The summed E-state index contributed by atoms with van der Waals surface area (Å²) in [6.45, 7) is 0. The number of hydrogen-bond acceptors (Lipinski definition) is 1. The van der Waals surface area contributed by atoms with Crippen molar-refractivity contribution >= 4 is 28.6 Å². The maximum absolute atomic E-state index is 12.8. The highest BCUT2D eigenvalue weighted by Crippen LogP contribution is 2.20. The number of hydrogen-bond donors (Lipinski definition) is 1. The molecule has 10 heavy (non-hydrogen) atoms. The first-order valence-corrected chi connectivity index (χ1v) is 4.22. The summed E-state index contributed by atoms with van der Waals surface area (Å²) in [5.74, 6) is 0.220. The molecule has 0 bridgehead atoms. The zero-order valence-electron chi connectivity index (χ0n) is 5.14.